The van der Waals surface area contributed by atoms with Gasteiger partial charge in [0.25, 0.3) is 0 Å². The third kappa shape index (κ3) is 2.79. The van der Waals surface area contributed by atoms with Crippen molar-refractivity contribution in [2.75, 3.05) is 31.7 Å². The van der Waals surface area contributed by atoms with Gasteiger partial charge in [0.05, 0.1) is 6.61 Å². The summed E-state index contributed by atoms with van der Waals surface area (Å²) in [5, 5.41) is 8.80. The molecule has 0 spiro atoms. The second-order valence-electron chi connectivity index (χ2n) is 4.35. The molecule has 1 fully saturated rings. The van der Waals surface area contributed by atoms with Crippen molar-refractivity contribution in [2.45, 2.75) is 12.8 Å². The highest BCUT2D eigenvalue weighted by Gasteiger charge is 2.22. The lowest BCUT2D eigenvalue weighted by atomic mass is 9.99. The molecule has 5 nitrogen and oxygen atoms in total. The minimum Gasteiger partial charge on any atom is -0.475 e. The Morgan fingerprint density at radius 2 is 2.47 bits per heavy atom. The first kappa shape index (κ1) is 12.0. The zero-order chi connectivity index (χ0) is 12.3. The van der Waals surface area contributed by atoms with E-state index < -0.39 is 5.97 Å². The third-order valence-corrected chi connectivity index (χ3v) is 3.04. The molecular formula is C12H17NO4. The summed E-state index contributed by atoms with van der Waals surface area (Å²) in [7, 11) is 1.70. The van der Waals surface area contributed by atoms with Gasteiger partial charge in [-0.25, -0.2) is 4.79 Å². The standard InChI is InChI=1S/C12H17NO4/c1-16-8-9-3-2-6-13(7-9)11-5-4-10(17-11)12(14)15/h4-5,9H,2-3,6-8H2,1H3,(H,14,15). The predicted octanol–water partition coefficient (Wildman–Crippen LogP) is 1.84. The van der Waals surface area contributed by atoms with Crippen LogP contribution in [0, 0.1) is 5.92 Å². The number of carbonyl (C=O) groups is 1. The first-order chi connectivity index (χ1) is 8.20. The van der Waals surface area contributed by atoms with Gasteiger partial charge in [-0.2, -0.15) is 0 Å². The molecule has 1 aromatic rings. The van der Waals surface area contributed by atoms with Crippen LogP contribution in [0.5, 0.6) is 0 Å². The number of carboxylic acids is 1. The Bertz CT molecular complexity index is 386. The van der Waals surface area contributed by atoms with E-state index in [2.05, 4.69) is 4.90 Å². The maximum Gasteiger partial charge on any atom is 0.371 e. The number of piperidine rings is 1. The average Bonchev–Trinajstić information content (AvgIpc) is 2.79. The van der Waals surface area contributed by atoms with Crippen LogP contribution in [0.3, 0.4) is 0 Å². The molecule has 1 aliphatic heterocycles. The summed E-state index contributed by atoms with van der Waals surface area (Å²) in [5.41, 5.74) is 0. The van der Waals surface area contributed by atoms with Crippen molar-refractivity contribution >= 4 is 11.9 Å². The number of anilines is 1. The molecule has 0 bridgehead atoms. The van der Waals surface area contributed by atoms with Crippen molar-refractivity contribution in [3.63, 3.8) is 0 Å². The van der Waals surface area contributed by atoms with Crippen LogP contribution in [0.25, 0.3) is 0 Å². The molecule has 2 heterocycles. The molecule has 94 valence electrons. The quantitative estimate of drug-likeness (QED) is 0.868. The number of aromatic carboxylic acids is 1. The number of furan rings is 1. The maximum atomic E-state index is 10.7. The Labute approximate surface area is 100.0 Å². The smallest absolute Gasteiger partial charge is 0.371 e. The summed E-state index contributed by atoms with van der Waals surface area (Å²) in [6, 6.07) is 3.22. The summed E-state index contributed by atoms with van der Waals surface area (Å²) in [4.78, 5) is 12.8. The number of hydrogen-bond donors (Lipinski definition) is 1. The lowest BCUT2D eigenvalue weighted by Gasteiger charge is -2.32. The first-order valence-electron chi connectivity index (χ1n) is 5.77. The number of rotatable bonds is 4. The molecule has 2 rings (SSSR count). The molecule has 0 radical (unpaired) electrons. The highest BCUT2D eigenvalue weighted by Crippen LogP contribution is 2.25. The number of nitrogens with zero attached hydrogens (tertiary/aromatic N) is 1. The Balaban J connectivity index is 2.02. The van der Waals surface area contributed by atoms with Gasteiger partial charge in [0, 0.05) is 26.3 Å². The summed E-state index contributed by atoms with van der Waals surface area (Å²) >= 11 is 0. The molecule has 17 heavy (non-hydrogen) atoms. The summed E-state index contributed by atoms with van der Waals surface area (Å²) in [5.74, 6) is 0.103. The molecule has 1 aromatic heterocycles. The molecule has 1 aliphatic rings. The van der Waals surface area contributed by atoms with Crippen LogP contribution in [0.2, 0.25) is 0 Å². The second kappa shape index (κ2) is 5.23. The van der Waals surface area contributed by atoms with Crippen LogP contribution < -0.4 is 4.90 Å². The topological polar surface area (TPSA) is 62.9 Å². The number of methoxy groups -OCH3 is 1. The number of hydrogen-bond acceptors (Lipinski definition) is 4. The van der Waals surface area contributed by atoms with E-state index in [-0.39, 0.29) is 5.76 Å². The van der Waals surface area contributed by atoms with Crippen molar-refractivity contribution in [1.82, 2.24) is 0 Å². The summed E-state index contributed by atoms with van der Waals surface area (Å²) in [6.07, 6.45) is 2.23. The molecule has 0 aliphatic carbocycles. The van der Waals surface area contributed by atoms with Gasteiger partial charge in [0.1, 0.15) is 0 Å². The fraction of sp³-hybridized carbons (Fsp3) is 0.583. The number of ether oxygens (including phenoxy) is 1. The normalized spacial score (nSPS) is 20.5. The van der Waals surface area contributed by atoms with Crippen LogP contribution in [0.1, 0.15) is 23.4 Å². The fourth-order valence-electron chi connectivity index (χ4n) is 2.25. The van der Waals surface area contributed by atoms with Crippen LogP contribution in [-0.2, 0) is 4.74 Å². The van der Waals surface area contributed by atoms with E-state index in [0.29, 0.717) is 11.8 Å². The Morgan fingerprint density at radius 3 is 3.12 bits per heavy atom. The maximum absolute atomic E-state index is 10.7. The van der Waals surface area contributed by atoms with Crippen LogP contribution >= 0.6 is 0 Å². The zero-order valence-corrected chi connectivity index (χ0v) is 9.89. The lowest BCUT2D eigenvalue weighted by molar-refractivity contribution is 0.0662. The van der Waals surface area contributed by atoms with E-state index in [1.54, 1.807) is 13.2 Å². The Hall–Kier alpha value is -1.49. The molecule has 5 heteroatoms. The molecule has 1 saturated heterocycles. The van der Waals surface area contributed by atoms with Gasteiger partial charge in [-0.1, -0.05) is 0 Å². The molecule has 0 aromatic carbocycles. The van der Waals surface area contributed by atoms with Crippen molar-refractivity contribution in [3.05, 3.63) is 17.9 Å². The minimum absolute atomic E-state index is 0.00568. The molecule has 0 saturated carbocycles. The molecule has 1 atom stereocenters. The molecule has 1 N–H and O–H groups in total. The highest BCUT2D eigenvalue weighted by molar-refractivity contribution is 5.84. The van der Waals surface area contributed by atoms with E-state index in [1.165, 1.54) is 6.07 Å². The van der Waals surface area contributed by atoms with Gasteiger partial charge >= 0.3 is 5.97 Å². The second-order valence-corrected chi connectivity index (χ2v) is 4.35. The largest absolute Gasteiger partial charge is 0.475 e. The van der Waals surface area contributed by atoms with Crippen LogP contribution in [0.4, 0.5) is 5.88 Å². The zero-order valence-electron chi connectivity index (χ0n) is 9.89. The fourth-order valence-corrected chi connectivity index (χ4v) is 2.25. The number of carboxylic acid groups (broad SMARTS) is 1. The van der Waals surface area contributed by atoms with E-state index in [0.717, 1.165) is 32.5 Å². The Morgan fingerprint density at radius 1 is 1.65 bits per heavy atom. The van der Waals surface area contributed by atoms with Gasteiger partial charge in [0.2, 0.25) is 5.76 Å². The highest BCUT2D eigenvalue weighted by atomic mass is 16.5. The summed E-state index contributed by atoms with van der Waals surface area (Å²) in [6.45, 7) is 2.51. The van der Waals surface area contributed by atoms with Crippen LogP contribution in [-0.4, -0.2) is 37.9 Å². The van der Waals surface area contributed by atoms with E-state index in [9.17, 15) is 4.79 Å². The molecule has 0 amide bonds. The van der Waals surface area contributed by atoms with Crippen molar-refractivity contribution in [1.29, 1.82) is 0 Å². The van der Waals surface area contributed by atoms with Crippen LogP contribution in [0.15, 0.2) is 16.5 Å². The average molecular weight is 239 g/mol. The lowest BCUT2D eigenvalue weighted by Crippen LogP contribution is -2.36. The predicted molar refractivity (Wildman–Crippen MR) is 62.5 cm³/mol. The minimum atomic E-state index is -1.03. The molecule has 1 unspecified atom stereocenters. The first-order valence-corrected chi connectivity index (χ1v) is 5.77. The van der Waals surface area contributed by atoms with E-state index >= 15 is 0 Å². The van der Waals surface area contributed by atoms with Crippen molar-refractivity contribution in [3.8, 4) is 0 Å². The monoisotopic (exact) mass is 239 g/mol. The van der Waals surface area contributed by atoms with Crippen molar-refractivity contribution < 1.29 is 19.1 Å². The van der Waals surface area contributed by atoms with Gasteiger partial charge in [-0.05, 0) is 24.8 Å². The summed E-state index contributed by atoms with van der Waals surface area (Å²) < 4.78 is 10.5. The molecular weight excluding hydrogens is 222 g/mol. The van der Waals surface area contributed by atoms with Gasteiger partial charge in [-0.3, -0.25) is 0 Å². The van der Waals surface area contributed by atoms with E-state index in [1.807, 2.05) is 0 Å². The Kier molecular flexibility index (Phi) is 3.68. The van der Waals surface area contributed by atoms with Gasteiger partial charge < -0.3 is 19.2 Å². The SMILES string of the molecule is COCC1CCCN(c2ccc(C(=O)O)o2)C1. The van der Waals surface area contributed by atoms with Gasteiger partial charge in [-0.15, -0.1) is 0 Å². The van der Waals surface area contributed by atoms with Gasteiger partial charge in [0.15, 0.2) is 5.88 Å². The van der Waals surface area contributed by atoms with E-state index in [4.69, 9.17) is 14.3 Å². The van der Waals surface area contributed by atoms with Crippen molar-refractivity contribution in [2.24, 2.45) is 5.92 Å². The third-order valence-electron chi connectivity index (χ3n) is 3.04.